The van der Waals surface area contributed by atoms with Gasteiger partial charge in [-0.25, -0.2) is 0 Å². The molecule has 1 N–H and O–H groups in total. The Morgan fingerprint density at radius 3 is 2.60 bits per heavy atom. The molecule has 0 amide bonds. The third-order valence-corrected chi connectivity index (χ3v) is 1.67. The normalized spacial score (nSPS) is 17.1. The maximum atomic E-state index is 9.31. The van der Waals surface area contributed by atoms with Crippen molar-refractivity contribution >= 4 is 0 Å². The van der Waals surface area contributed by atoms with Gasteiger partial charge in [0.15, 0.2) is 0 Å². The summed E-state index contributed by atoms with van der Waals surface area (Å²) in [5, 5.41) is 9.31. The topological polar surface area (TPSA) is 20.2 Å². The summed E-state index contributed by atoms with van der Waals surface area (Å²) in [7, 11) is 0. The highest BCUT2D eigenvalue weighted by atomic mass is 16.3. The monoisotopic (exact) mass is 140 g/mol. The second-order valence-electron chi connectivity index (χ2n) is 2.50. The van der Waals surface area contributed by atoms with E-state index < -0.39 is 0 Å². The second-order valence-corrected chi connectivity index (χ2v) is 2.50. The molecule has 0 fully saturated rings. The molecule has 0 spiro atoms. The molecule has 1 nitrogen and oxygen atoms in total. The van der Waals surface area contributed by atoms with E-state index in [9.17, 15) is 5.11 Å². The lowest BCUT2D eigenvalue weighted by molar-refractivity contribution is 0.160. The molecule has 0 aromatic rings. The van der Waals surface area contributed by atoms with Crippen molar-refractivity contribution in [3.63, 3.8) is 0 Å². The number of hydrogen-bond donors (Lipinski definition) is 1. The molecule has 0 aromatic carbocycles. The van der Waals surface area contributed by atoms with Crippen LogP contribution in [0.15, 0.2) is 24.8 Å². The van der Waals surface area contributed by atoms with Gasteiger partial charge in [-0.1, -0.05) is 45.1 Å². The fourth-order valence-corrected chi connectivity index (χ4v) is 0.624. The highest BCUT2D eigenvalue weighted by Gasteiger charge is 2.06. The van der Waals surface area contributed by atoms with Crippen molar-refractivity contribution in [3.05, 3.63) is 24.8 Å². The molecule has 58 valence electrons. The van der Waals surface area contributed by atoms with Gasteiger partial charge in [-0.15, -0.1) is 0 Å². The van der Waals surface area contributed by atoms with Gasteiger partial charge in [0.25, 0.3) is 0 Å². The predicted octanol–water partition coefficient (Wildman–Crippen LogP) is 2.14. The molecule has 2 atom stereocenters. The molecule has 0 radical (unpaired) electrons. The Labute approximate surface area is 63.1 Å². The van der Waals surface area contributed by atoms with Crippen molar-refractivity contribution in [3.8, 4) is 0 Å². The van der Waals surface area contributed by atoms with E-state index in [1.165, 1.54) is 0 Å². The highest BCUT2D eigenvalue weighted by Crippen LogP contribution is 2.07. The van der Waals surface area contributed by atoms with E-state index >= 15 is 0 Å². The van der Waals surface area contributed by atoms with Gasteiger partial charge in [0.05, 0.1) is 6.10 Å². The number of hydrogen-bond acceptors (Lipinski definition) is 1. The van der Waals surface area contributed by atoms with Crippen LogP contribution < -0.4 is 0 Å². The maximum absolute atomic E-state index is 9.31. The van der Waals surface area contributed by atoms with E-state index in [1.54, 1.807) is 18.2 Å². The van der Waals surface area contributed by atoms with Gasteiger partial charge in [0, 0.05) is 0 Å². The first kappa shape index (κ1) is 9.44. The summed E-state index contributed by atoms with van der Waals surface area (Å²) in [5.74, 6) is 0.344. The van der Waals surface area contributed by atoms with Crippen LogP contribution in [-0.4, -0.2) is 11.2 Å². The van der Waals surface area contributed by atoms with Crippen molar-refractivity contribution < 1.29 is 5.11 Å². The lowest BCUT2D eigenvalue weighted by atomic mass is 10.0. The lowest BCUT2D eigenvalue weighted by Gasteiger charge is -2.11. The van der Waals surface area contributed by atoms with Gasteiger partial charge in [0.2, 0.25) is 0 Å². The van der Waals surface area contributed by atoms with Crippen LogP contribution in [0.3, 0.4) is 0 Å². The number of aliphatic hydroxyl groups is 1. The summed E-state index contributed by atoms with van der Waals surface area (Å²) in [6.45, 7) is 7.61. The van der Waals surface area contributed by atoms with E-state index in [0.29, 0.717) is 5.92 Å². The van der Waals surface area contributed by atoms with Crippen LogP contribution in [0.5, 0.6) is 0 Å². The van der Waals surface area contributed by atoms with Crippen LogP contribution in [0.1, 0.15) is 20.3 Å². The molecule has 0 aliphatic heterocycles. The average Bonchev–Trinajstić information content (AvgIpc) is 1.98. The predicted molar refractivity (Wildman–Crippen MR) is 44.8 cm³/mol. The van der Waals surface area contributed by atoms with E-state index in [0.717, 1.165) is 6.42 Å². The third-order valence-electron chi connectivity index (χ3n) is 1.67. The second kappa shape index (κ2) is 5.24. The molecule has 0 rings (SSSR count). The fourth-order valence-electron chi connectivity index (χ4n) is 0.624. The van der Waals surface area contributed by atoms with Gasteiger partial charge in [-0.3, -0.25) is 0 Å². The van der Waals surface area contributed by atoms with Gasteiger partial charge in [-0.2, -0.15) is 0 Å². The van der Waals surface area contributed by atoms with Crippen molar-refractivity contribution in [1.29, 1.82) is 0 Å². The number of rotatable bonds is 4. The number of aliphatic hydroxyl groups excluding tert-OH is 1. The Morgan fingerprint density at radius 1 is 1.60 bits per heavy atom. The molecule has 0 heterocycles. The standard InChI is InChI=1S/C9H16O/c1-4-6-7-9(10)8(3)5-2/h4,6-10H,1,5H2,2-3H3. The molecular weight excluding hydrogens is 124 g/mol. The van der Waals surface area contributed by atoms with Crippen LogP contribution in [0.2, 0.25) is 0 Å². The fraction of sp³-hybridized carbons (Fsp3) is 0.556. The molecule has 0 bridgehead atoms. The van der Waals surface area contributed by atoms with Crippen LogP contribution >= 0.6 is 0 Å². The van der Waals surface area contributed by atoms with Gasteiger partial charge >= 0.3 is 0 Å². The molecule has 0 aliphatic carbocycles. The van der Waals surface area contributed by atoms with E-state index in [2.05, 4.69) is 13.5 Å². The molecule has 0 saturated heterocycles. The quantitative estimate of drug-likeness (QED) is 0.593. The summed E-state index contributed by atoms with van der Waals surface area (Å²) in [4.78, 5) is 0. The van der Waals surface area contributed by atoms with Crippen molar-refractivity contribution in [2.24, 2.45) is 5.92 Å². The zero-order valence-corrected chi connectivity index (χ0v) is 6.75. The Balaban J connectivity index is 3.70. The number of allylic oxidation sites excluding steroid dienone is 2. The molecule has 1 heteroatoms. The lowest BCUT2D eigenvalue weighted by Crippen LogP contribution is -2.13. The Kier molecular flexibility index (Phi) is 4.95. The molecule has 2 unspecified atom stereocenters. The highest BCUT2D eigenvalue weighted by molar-refractivity contribution is 5.01. The van der Waals surface area contributed by atoms with Crippen LogP contribution in [-0.2, 0) is 0 Å². The largest absolute Gasteiger partial charge is 0.389 e. The zero-order chi connectivity index (χ0) is 7.98. The van der Waals surface area contributed by atoms with E-state index in [-0.39, 0.29) is 6.10 Å². The molecule has 10 heavy (non-hydrogen) atoms. The van der Waals surface area contributed by atoms with Crippen molar-refractivity contribution in [1.82, 2.24) is 0 Å². The smallest absolute Gasteiger partial charge is 0.0749 e. The molecule has 0 saturated carbocycles. The summed E-state index contributed by atoms with van der Waals surface area (Å²) in [5.41, 5.74) is 0. The first-order valence-corrected chi connectivity index (χ1v) is 3.69. The zero-order valence-electron chi connectivity index (χ0n) is 6.75. The first-order valence-electron chi connectivity index (χ1n) is 3.69. The first-order chi connectivity index (χ1) is 4.72. The third kappa shape index (κ3) is 3.46. The van der Waals surface area contributed by atoms with Crippen LogP contribution in [0, 0.1) is 5.92 Å². The summed E-state index contributed by atoms with van der Waals surface area (Å²) < 4.78 is 0. The molecular formula is C9H16O. The van der Waals surface area contributed by atoms with Crippen molar-refractivity contribution in [2.45, 2.75) is 26.4 Å². The van der Waals surface area contributed by atoms with Crippen LogP contribution in [0.4, 0.5) is 0 Å². The average molecular weight is 140 g/mol. The Morgan fingerprint density at radius 2 is 2.20 bits per heavy atom. The minimum Gasteiger partial charge on any atom is -0.389 e. The van der Waals surface area contributed by atoms with E-state index in [4.69, 9.17) is 0 Å². The summed E-state index contributed by atoms with van der Waals surface area (Å²) >= 11 is 0. The van der Waals surface area contributed by atoms with Crippen LogP contribution in [0.25, 0.3) is 0 Å². The van der Waals surface area contributed by atoms with Gasteiger partial charge in [0.1, 0.15) is 0 Å². The summed E-state index contributed by atoms with van der Waals surface area (Å²) in [6.07, 6.45) is 5.90. The summed E-state index contributed by atoms with van der Waals surface area (Å²) in [6, 6.07) is 0. The Bertz CT molecular complexity index is 116. The minimum absolute atomic E-state index is 0.317. The Hall–Kier alpha value is -0.560. The van der Waals surface area contributed by atoms with E-state index in [1.807, 2.05) is 6.92 Å². The minimum atomic E-state index is -0.317. The molecule has 0 aliphatic rings. The van der Waals surface area contributed by atoms with Gasteiger partial charge < -0.3 is 5.11 Å². The molecule has 0 aromatic heterocycles. The van der Waals surface area contributed by atoms with Crippen molar-refractivity contribution in [2.75, 3.05) is 0 Å². The SMILES string of the molecule is C=CC=CC(O)C(C)CC. The maximum Gasteiger partial charge on any atom is 0.0749 e. The van der Waals surface area contributed by atoms with Gasteiger partial charge in [-0.05, 0) is 5.92 Å².